The second-order valence-electron chi connectivity index (χ2n) is 8.32. The van der Waals surface area contributed by atoms with Crippen molar-refractivity contribution in [3.05, 3.63) is 0 Å². The molecule has 6 N–H and O–H groups in total. The van der Waals surface area contributed by atoms with Crippen molar-refractivity contribution < 1.29 is 45.0 Å². The molecule has 36 heavy (non-hydrogen) atoms. The van der Waals surface area contributed by atoms with E-state index in [-0.39, 0.29) is 19.8 Å². The summed E-state index contributed by atoms with van der Waals surface area (Å²) in [6.07, 6.45) is 8.55. The zero-order valence-corrected chi connectivity index (χ0v) is 24.9. The van der Waals surface area contributed by atoms with Crippen LogP contribution in [0.25, 0.3) is 0 Å². The molecule has 0 saturated carbocycles. The maximum Gasteiger partial charge on any atom is 0.316 e. The van der Waals surface area contributed by atoms with Crippen LogP contribution in [0.3, 0.4) is 0 Å². The van der Waals surface area contributed by atoms with Gasteiger partial charge in [-0.3, -0.25) is 14.4 Å². The molecule has 0 heterocycles. The number of aliphatic hydroxyl groups excluding tert-OH is 3. The molecule has 0 aliphatic rings. The molecule has 0 bridgehead atoms. The molecule has 0 spiro atoms. The van der Waals surface area contributed by atoms with Crippen LogP contribution in [0.4, 0.5) is 0 Å². The lowest BCUT2D eigenvalue weighted by atomic mass is 9.88. The first-order chi connectivity index (χ1) is 16.8. The van der Waals surface area contributed by atoms with Crippen molar-refractivity contribution >= 4 is 55.8 Å². The van der Waals surface area contributed by atoms with Crippen LogP contribution < -0.4 is 0 Å². The minimum atomic E-state index is -0.813. The highest BCUT2D eigenvalue weighted by atomic mass is 32.1. The summed E-state index contributed by atoms with van der Waals surface area (Å²) < 4.78 is 0. The number of aliphatic carboxylic acids is 3. The largest absolute Gasteiger partial charge is 0.480 e. The Bertz CT molecular complexity index is 458. The number of carboxylic acid groups (broad SMARTS) is 3. The van der Waals surface area contributed by atoms with E-state index >= 15 is 0 Å². The van der Waals surface area contributed by atoms with Crippen LogP contribution in [-0.2, 0) is 14.4 Å². The number of carbonyl (C=O) groups is 3. The fraction of sp³-hybridized carbons (Fsp3) is 0.875. The maximum atomic E-state index is 10.1. The van der Waals surface area contributed by atoms with E-state index in [2.05, 4.69) is 37.9 Å². The van der Waals surface area contributed by atoms with Crippen LogP contribution in [-0.4, -0.2) is 84.1 Å². The van der Waals surface area contributed by atoms with Gasteiger partial charge in [0.2, 0.25) is 0 Å². The number of hydrogen-bond donors (Lipinski definition) is 9. The average Bonchev–Trinajstić information content (AvgIpc) is 2.86. The summed E-state index contributed by atoms with van der Waals surface area (Å²) in [5.74, 6) is -2.44. The van der Waals surface area contributed by atoms with Gasteiger partial charge in [0.05, 0.1) is 35.6 Å². The monoisotopic (exact) mass is 578 g/mol. The zero-order valence-electron chi connectivity index (χ0n) is 22.2. The van der Waals surface area contributed by atoms with Gasteiger partial charge in [0.25, 0.3) is 0 Å². The number of hydrogen-bond acceptors (Lipinski definition) is 9. The predicted molar refractivity (Wildman–Crippen MR) is 154 cm³/mol. The minimum absolute atomic E-state index is 0.156. The summed E-state index contributed by atoms with van der Waals surface area (Å²) >= 11 is 11.6. The third-order valence-corrected chi connectivity index (χ3v) is 6.54. The molecule has 0 fully saturated rings. The third kappa shape index (κ3) is 27.9. The third-order valence-electron chi connectivity index (χ3n) is 5.10. The van der Waals surface area contributed by atoms with Crippen molar-refractivity contribution in [3.8, 4) is 0 Å². The highest BCUT2D eigenvalue weighted by Crippen LogP contribution is 2.18. The average molecular weight is 579 g/mol. The molecular formula is C24H50O9S3. The van der Waals surface area contributed by atoms with E-state index in [0.717, 1.165) is 38.5 Å². The van der Waals surface area contributed by atoms with E-state index in [1.165, 1.54) is 0 Å². The summed E-state index contributed by atoms with van der Waals surface area (Å²) in [6, 6.07) is 0. The number of thiol groups is 3. The molecule has 3 atom stereocenters. The van der Waals surface area contributed by atoms with Crippen LogP contribution in [0.1, 0.15) is 91.9 Å². The lowest BCUT2D eigenvalue weighted by Crippen LogP contribution is -2.32. The molecule has 0 saturated heterocycles. The van der Waals surface area contributed by atoms with Gasteiger partial charge in [-0.1, -0.05) is 66.2 Å². The van der Waals surface area contributed by atoms with Gasteiger partial charge in [-0.25, -0.2) is 0 Å². The fourth-order valence-electron chi connectivity index (χ4n) is 2.05. The molecule has 0 radical (unpaired) electrons. The first-order valence-electron chi connectivity index (χ1n) is 12.3. The fourth-order valence-corrected chi connectivity index (χ4v) is 2.60. The van der Waals surface area contributed by atoms with Gasteiger partial charge < -0.3 is 30.6 Å². The molecule has 218 valence electrons. The SMILES string of the molecule is CCC(CO)(CO)CO.CCCCC(S)C(=O)O.CCCCC(S)C(=O)O.CCCCC(S)C(=O)O. The van der Waals surface area contributed by atoms with Gasteiger partial charge in [-0.15, -0.1) is 0 Å². The molecule has 3 unspecified atom stereocenters. The summed E-state index contributed by atoms with van der Waals surface area (Å²) in [4.78, 5) is 30.4. The molecule has 0 rings (SSSR count). The summed E-state index contributed by atoms with van der Waals surface area (Å²) in [7, 11) is 0. The van der Waals surface area contributed by atoms with E-state index in [4.69, 9.17) is 30.6 Å². The molecule has 0 aromatic heterocycles. The molecular weight excluding hydrogens is 528 g/mol. The van der Waals surface area contributed by atoms with E-state index in [0.29, 0.717) is 25.7 Å². The Labute approximate surface area is 233 Å². The van der Waals surface area contributed by atoms with E-state index < -0.39 is 39.1 Å². The number of carboxylic acids is 3. The van der Waals surface area contributed by atoms with Gasteiger partial charge in [0, 0.05) is 5.41 Å². The molecule has 0 aliphatic carbocycles. The van der Waals surface area contributed by atoms with Crippen LogP contribution in [0.5, 0.6) is 0 Å². The Balaban J connectivity index is -0.000000190. The Morgan fingerprint density at radius 2 is 0.806 bits per heavy atom. The minimum Gasteiger partial charge on any atom is -0.480 e. The van der Waals surface area contributed by atoms with Crippen LogP contribution in [0.2, 0.25) is 0 Å². The Morgan fingerprint density at radius 3 is 0.889 bits per heavy atom. The normalized spacial score (nSPS) is 12.8. The van der Waals surface area contributed by atoms with Crippen molar-refractivity contribution in [2.75, 3.05) is 19.8 Å². The number of rotatable bonds is 16. The molecule has 12 heteroatoms. The van der Waals surface area contributed by atoms with E-state index in [1.54, 1.807) is 0 Å². The predicted octanol–water partition coefficient (Wildman–Crippen LogP) is 4.04. The van der Waals surface area contributed by atoms with Gasteiger partial charge >= 0.3 is 17.9 Å². The van der Waals surface area contributed by atoms with Crippen molar-refractivity contribution in [1.29, 1.82) is 0 Å². The summed E-state index contributed by atoms with van der Waals surface area (Å²) in [6.45, 7) is 7.44. The van der Waals surface area contributed by atoms with Crippen molar-refractivity contribution in [2.24, 2.45) is 5.41 Å². The Hall–Kier alpha value is -0.660. The van der Waals surface area contributed by atoms with Crippen molar-refractivity contribution in [3.63, 3.8) is 0 Å². The van der Waals surface area contributed by atoms with Crippen LogP contribution in [0.15, 0.2) is 0 Å². The Kier molecular flexibility index (Phi) is 34.1. The molecule has 0 aromatic carbocycles. The van der Waals surface area contributed by atoms with Crippen LogP contribution >= 0.6 is 37.9 Å². The number of unbranched alkanes of at least 4 members (excludes halogenated alkanes) is 3. The highest BCUT2D eigenvalue weighted by Gasteiger charge is 2.24. The van der Waals surface area contributed by atoms with E-state index in [9.17, 15) is 14.4 Å². The van der Waals surface area contributed by atoms with Gasteiger partial charge in [0.1, 0.15) is 0 Å². The second kappa shape index (κ2) is 28.9. The first kappa shape index (κ1) is 42.4. The summed E-state index contributed by atoms with van der Waals surface area (Å²) in [5, 5.41) is 49.6. The second-order valence-corrected chi connectivity index (χ2v) is 10.2. The lowest BCUT2D eigenvalue weighted by Gasteiger charge is -2.24. The van der Waals surface area contributed by atoms with Gasteiger partial charge in [-0.2, -0.15) is 37.9 Å². The van der Waals surface area contributed by atoms with Crippen molar-refractivity contribution in [2.45, 2.75) is 108 Å². The number of aliphatic hydroxyl groups is 3. The smallest absolute Gasteiger partial charge is 0.316 e. The molecule has 9 nitrogen and oxygen atoms in total. The lowest BCUT2D eigenvalue weighted by molar-refractivity contribution is -0.137. The summed E-state index contributed by atoms with van der Waals surface area (Å²) in [5.41, 5.74) is -0.667. The zero-order chi connectivity index (χ0) is 29.2. The van der Waals surface area contributed by atoms with E-state index in [1.807, 2.05) is 27.7 Å². The maximum absolute atomic E-state index is 10.1. The van der Waals surface area contributed by atoms with Gasteiger partial charge in [0.15, 0.2) is 0 Å². The van der Waals surface area contributed by atoms with Crippen LogP contribution in [0, 0.1) is 5.41 Å². The van der Waals surface area contributed by atoms with Crippen molar-refractivity contribution in [1.82, 2.24) is 0 Å². The Morgan fingerprint density at radius 1 is 0.583 bits per heavy atom. The highest BCUT2D eigenvalue weighted by molar-refractivity contribution is 7.82. The molecule has 0 aliphatic heterocycles. The van der Waals surface area contributed by atoms with Gasteiger partial charge in [-0.05, 0) is 25.7 Å². The quantitative estimate of drug-likeness (QED) is 0.123. The standard InChI is InChI=1S/C6H14O3.3C6H12O2S/c1-2-6(3-7,4-8)5-9;3*1-2-3-4-5(9)6(7)8/h7-9H,2-5H2,1H3;3*5,9H,2-4H2,1H3,(H,7,8). The molecule has 0 aromatic rings. The molecule has 0 amide bonds. The topological polar surface area (TPSA) is 173 Å². The first-order valence-corrected chi connectivity index (χ1v) is 13.9.